The summed E-state index contributed by atoms with van der Waals surface area (Å²) in [6, 6.07) is 0. The maximum Gasteiger partial charge on any atom is 0.310 e. The number of hydrogen-bond acceptors (Lipinski definition) is 3. The van der Waals surface area contributed by atoms with Gasteiger partial charge in [0.25, 0.3) is 0 Å². The number of amides is 1. The summed E-state index contributed by atoms with van der Waals surface area (Å²) >= 11 is 0. The molecule has 0 saturated carbocycles. The summed E-state index contributed by atoms with van der Waals surface area (Å²) in [6.45, 7) is 3.04. The molecule has 1 atom stereocenters. The lowest BCUT2D eigenvalue weighted by Gasteiger charge is -2.14. The van der Waals surface area contributed by atoms with Crippen LogP contribution in [-0.2, 0) is 14.3 Å². The number of ether oxygens (including phenoxy) is 1. The Balaban J connectivity index is 2.44. The molecule has 1 fully saturated rings. The zero-order valence-electron chi connectivity index (χ0n) is 8.08. The van der Waals surface area contributed by atoms with Crippen molar-refractivity contribution < 1.29 is 14.3 Å². The number of nitrogens with zero attached hydrogens (tertiary/aromatic N) is 1. The van der Waals surface area contributed by atoms with Crippen molar-refractivity contribution in [3.05, 3.63) is 0 Å². The number of methoxy groups -OCH3 is 1. The third-order valence-electron chi connectivity index (χ3n) is 2.38. The Hall–Kier alpha value is -1.06. The van der Waals surface area contributed by atoms with Crippen LogP contribution in [0.5, 0.6) is 0 Å². The normalized spacial score (nSPS) is 21.7. The van der Waals surface area contributed by atoms with Crippen molar-refractivity contribution in [2.75, 3.05) is 20.2 Å². The summed E-state index contributed by atoms with van der Waals surface area (Å²) in [6.07, 6.45) is 1.24. The predicted octanol–water partition coefficient (Wildman–Crippen LogP) is 0.418. The molecular weight excluding hydrogens is 170 g/mol. The van der Waals surface area contributed by atoms with E-state index in [1.807, 2.05) is 6.92 Å². The van der Waals surface area contributed by atoms with Gasteiger partial charge in [0.1, 0.15) is 0 Å². The van der Waals surface area contributed by atoms with Crippen LogP contribution in [0, 0.1) is 5.92 Å². The molecule has 0 aliphatic carbocycles. The van der Waals surface area contributed by atoms with Crippen LogP contribution in [-0.4, -0.2) is 37.0 Å². The minimum Gasteiger partial charge on any atom is -0.469 e. The van der Waals surface area contributed by atoms with Crippen molar-refractivity contribution in [1.29, 1.82) is 0 Å². The molecule has 1 saturated heterocycles. The fourth-order valence-electron chi connectivity index (χ4n) is 1.57. The molecule has 13 heavy (non-hydrogen) atoms. The van der Waals surface area contributed by atoms with E-state index in [9.17, 15) is 9.59 Å². The molecule has 4 heteroatoms. The van der Waals surface area contributed by atoms with Crippen LogP contribution >= 0.6 is 0 Å². The van der Waals surface area contributed by atoms with Crippen molar-refractivity contribution in [2.24, 2.45) is 5.92 Å². The van der Waals surface area contributed by atoms with Gasteiger partial charge in [-0.1, -0.05) is 6.92 Å². The molecule has 0 bridgehead atoms. The van der Waals surface area contributed by atoms with Crippen LogP contribution in [0.1, 0.15) is 19.8 Å². The molecule has 1 amide bonds. The van der Waals surface area contributed by atoms with Gasteiger partial charge < -0.3 is 9.64 Å². The van der Waals surface area contributed by atoms with E-state index in [4.69, 9.17) is 0 Å². The van der Waals surface area contributed by atoms with Crippen LogP contribution in [0.25, 0.3) is 0 Å². The maximum absolute atomic E-state index is 11.2. The van der Waals surface area contributed by atoms with Gasteiger partial charge in [0.15, 0.2) is 0 Å². The van der Waals surface area contributed by atoms with Gasteiger partial charge in [-0.3, -0.25) is 9.59 Å². The summed E-state index contributed by atoms with van der Waals surface area (Å²) in [4.78, 5) is 24.1. The number of rotatable bonds is 2. The summed E-state index contributed by atoms with van der Waals surface area (Å²) in [5, 5.41) is 0. The van der Waals surface area contributed by atoms with Gasteiger partial charge in [-0.05, 0) is 6.42 Å². The molecule has 0 aromatic heterocycles. The van der Waals surface area contributed by atoms with Crippen LogP contribution in [0.4, 0.5) is 0 Å². The van der Waals surface area contributed by atoms with Gasteiger partial charge >= 0.3 is 5.97 Å². The van der Waals surface area contributed by atoms with E-state index in [1.54, 1.807) is 4.90 Å². The summed E-state index contributed by atoms with van der Waals surface area (Å²) in [7, 11) is 1.38. The Kier molecular flexibility index (Phi) is 3.28. The van der Waals surface area contributed by atoms with Gasteiger partial charge in [-0.25, -0.2) is 0 Å². The zero-order valence-corrected chi connectivity index (χ0v) is 8.08. The van der Waals surface area contributed by atoms with Gasteiger partial charge in [-0.2, -0.15) is 0 Å². The lowest BCUT2D eigenvalue weighted by Crippen LogP contribution is -2.29. The van der Waals surface area contributed by atoms with Crippen molar-refractivity contribution >= 4 is 11.9 Å². The molecule has 1 aliphatic rings. The second-order valence-corrected chi connectivity index (χ2v) is 3.20. The molecule has 0 spiro atoms. The van der Waals surface area contributed by atoms with Crippen molar-refractivity contribution in [3.63, 3.8) is 0 Å². The third kappa shape index (κ3) is 2.20. The highest BCUT2D eigenvalue weighted by Gasteiger charge is 2.30. The average Bonchev–Trinajstić information content (AvgIpc) is 2.64. The van der Waals surface area contributed by atoms with Gasteiger partial charge in [0.2, 0.25) is 5.91 Å². The maximum atomic E-state index is 11.2. The highest BCUT2D eigenvalue weighted by atomic mass is 16.5. The second-order valence-electron chi connectivity index (χ2n) is 3.20. The van der Waals surface area contributed by atoms with Crippen LogP contribution in [0.15, 0.2) is 0 Å². The van der Waals surface area contributed by atoms with Crippen molar-refractivity contribution in [1.82, 2.24) is 4.90 Å². The summed E-state index contributed by atoms with van der Waals surface area (Å²) in [5.41, 5.74) is 0. The predicted molar refractivity (Wildman–Crippen MR) is 47.0 cm³/mol. The molecule has 0 aromatic carbocycles. The van der Waals surface area contributed by atoms with Gasteiger partial charge in [0.05, 0.1) is 13.0 Å². The largest absolute Gasteiger partial charge is 0.469 e. The molecule has 0 N–H and O–H groups in total. The van der Waals surface area contributed by atoms with Gasteiger partial charge in [0, 0.05) is 19.5 Å². The van der Waals surface area contributed by atoms with E-state index in [0.29, 0.717) is 19.5 Å². The Labute approximate surface area is 77.8 Å². The average molecular weight is 185 g/mol. The molecule has 1 heterocycles. The first-order valence-electron chi connectivity index (χ1n) is 4.54. The molecule has 74 valence electrons. The SMILES string of the molecule is CCC(=O)N1CCC(C(=O)OC)C1. The number of carbonyl (C=O) groups is 2. The minimum absolute atomic E-state index is 0.111. The van der Waals surface area contributed by atoms with Crippen LogP contribution < -0.4 is 0 Å². The summed E-state index contributed by atoms with van der Waals surface area (Å²) in [5.74, 6) is -0.196. The Bertz CT molecular complexity index is 193. The molecule has 0 aromatic rings. The Morgan fingerprint density at radius 3 is 2.77 bits per heavy atom. The quantitative estimate of drug-likeness (QED) is 0.586. The molecule has 1 rings (SSSR count). The Morgan fingerprint density at radius 1 is 1.54 bits per heavy atom. The van der Waals surface area contributed by atoms with Crippen molar-refractivity contribution in [3.8, 4) is 0 Å². The lowest BCUT2D eigenvalue weighted by atomic mass is 10.1. The number of carbonyl (C=O) groups excluding carboxylic acids is 2. The van der Waals surface area contributed by atoms with Crippen LogP contribution in [0.2, 0.25) is 0 Å². The topological polar surface area (TPSA) is 46.6 Å². The molecule has 4 nitrogen and oxygen atoms in total. The first kappa shape index (κ1) is 10.0. The Morgan fingerprint density at radius 2 is 2.23 bits per heavy atom. The second kappa shape index (κ2) is 4.25. The molecular formula is C9H15NO3. The number of esters is 1. The van der Waals surface area contributed by atoms with E-state index in [1.165, 1.54) is 7.11 Å². The number of likely N-dealkylation sites (tertiary alicyclic amines) is 1. The zero-order chi connectivity index (χ0) is 9.84. The van der Waals surface area contributed by atoms with E-state index < -0.39 is 0 Å². The fourth-order valence-corrected chi connectivity index (χ4v) is 1.57. The van der Waals surface area contributed by atoms with E-state index in [-0.39, 0.29) is 17.8 Å². The van der Waals surface area contributed by atoms with Crippen LogP contribution in [0.3, 0.4) is 0 Å². The standard InChI is InChI=1S/C9H15NO3/c1-3-8(11)10-5-4-7(6-10)9(12)13-2/h7H,3-6H2,1-2H3. The summed E-state index contributed by atoms with van der Waals surface area (Å²) < 4.78 is 4.62. The highest BCUT2D eigenvalue weighted by Crippen LogP contribution is 2.17. The first-order valence-corrected chi connectivity index (χ1v) is 4.54. The third-order valence-corrected chi connectivity index (χ3v) is 2.38. The highest BCUT2D eigenvalue weighted by molar-refractivity contribution is 5.79. The first-order chi connectivity index (χ1) is 6.19. The van der Waals surface area contributed by atoms with Crippen molar-refractivity contribution in [2.45, 2.75) is 19.8 Å². The van der Waals surface area contributed by atoms with E-state index in [0.717, 1.165) is 6.42 Å². The lowest BCUT2D eigenvalue weighted by molar-refractivity contribution is -0.145. The molecule has 1 unspecified atom stereocenters. The van der Waals surface area contributed by atoms with Gasteiger partial charge in [-0.15, -0.1) is 0 Å². The fraction of sp³-hybridized carbons (Fsp3) is 0.778. The van der Waals surface area contributed by atoms with E-state index >= 15 is 0 Å². The van der Waals surface area contributed by atoms with E-state index in [2.05, 4.69) is 4.74 Å². The monoisotopic (exact) mass is 185 g/mol. The number of hydrogen-bond donors (Lipinski definition) is 0. The minimum atomic E-state index is -0.202. The molecule has 1 aliphatic heterocycles. The smallest absolute Gasteiger partial charge is 0.310 e. The molecule has 0 radical (unpaired) electrons.